The minimum atomic E-state index is 0.347. The molecule has 2 atom stereocenters. The van der Waals surface area contributed by atoms with Crippen LogP contribution in [0.15, 0.2) is 0 Å². The number of ketones is 1. The molecule has 1 aliphatic rings. The first-order chi connectivity index (χ1) is 6.24. The molecule has 1 aliphatic heterocycles. The highest BCUT2D eigenvalue weighted by molar-refractivity contribution is 8.00. The molecule has 1 heterocycles. The van der Waals surface area contributed by atoms with Gasteiger partial charge in [-0.15, -0.1) is 0 Å². The average Bonchev–Trinajstić information content (AvgIpc) is 2.55. The first kappa shape index (κ1) is 11.1. The Bertz CT molecular complexity index is 161. The molecule has 0 radical (unpaired) electrons. The number of carbonyl (C=O) groups excluding carboxylic acids is 1. The lowest BCUT2D eigenvalue weighted by Gasteiger charge is -2.12. The van der Waals surface area contributed by atoms with Crippen molar-refractivity contribution < 1.29 is 4.79 Å². The van der Waals surface area contributed by atoms with Crippen molar-refractivity contribution in [1.82, 2.24) is 0 Å². The van der Waals surface area contributed by atoms with Crippen LogP contribution < -0.4 is 0 Å². The van der Waals surface area contributed by atoms with Gasteiger partial charge >= 0.3 is 0 Å². The summed E-state index contributed by atoms with van der Waals surface area (Å²) in [6.45, 7) is 4.38. The smallest absolute Gasteiger partial charge is 0.146 e. The van der Waals surface area contributed by atoms with Crippen molar-refractivity contribution in [2.75, 3.05) is 5.75 Å². The quantitative estimate of drug-likeness (QED) is 0.677. The Balaban J connectivity index is 2.23. The minimum Gasteiger partial charge on any atom is -0.298 e. The van der Waals surface area contributed by atoms with Crippen molar-refractivity contribution >= 4 is 17.5 Å². The molecule has 0 saturated carbocycles. The summed E-state index contributed by atoms with van der Waals surface area (Å²) in [4.78, 5) is 11.7. The van der Waals surface area contributed by atoms with Crippen LogP contribution in [0, 0.1) is 5.92 Å². The SMILES string of the molecule is CCCC(C)CC(=O)C1CCCS1. The molecule has 0 spiro atoms. The van der Waals surface area contributed by atoms with Crippen molar-refractivity contribution in [2.24, 2.45) is 5.92 Å². The second-order valence-electron chi connectivity index (χ2n) is 4.07. The van der Waals surface area contributed by atoms with Crippen LogP contribution in [0.1, 0.15) is 46.0 Å². The monoisotopic (exact) mass is 200 g/mol. The fraction of sp³-hybridized carbons (Fsp3) is 0.909. The molecule has 0 aliphatic carbocycles. The summed E-state index contributed by atoms with van der Waals surface area (Å²) in [6, 6.07) is 0. The molecule has 13 heavy (non-hydrogen) atoms. The fourth-order valence-corrected chi connectivity index (χ4v) is 3.13. The van der Waals surface area contributed by atoms with Gasteiger partial charge < -0.3 is 0 Å². The molecule has 1 rings (SSSR count). The molecule has 1 saturated heterocycles. The maximum Gasteiger partial charge on any atom is 0.146 e. The van der Waals surface area contributed by atoms with Crippen LogP contribution in [-0.2, 0) is 4.79 Å². The van der Waals surface area contributed by atoms with E-state index in [9.17, 15) is 4.79 Å². The molecule has 76 valence electrons. The number of hydrogen-bond acceptors (Lipinski definition) is 2. The zero-order chi connectivity index (χ0) is 9.68. The Morgan fingerprint density at radius 2 is 2.38 bits per heavy atom. The van der Waals surface area contributed by atoms with Crippen LogP contribution in [-0.4, -0.2) is 16.8 Å². The summed E-state index contributed by atoms with van der Waals surface area (Å²) in [7, 11) is 0. The maximum absolute atomic E-state index is 11.7. The molecule has 0 bridgehead atoms. The normalized spacial score (nSPS) is 24.6. The highest BCUT2D eigenvalue weighted by Gasteiger charge is 2.23. The number of rotatable bonds is 5. The highest BCUT2D eigenvalue weighted by Crippen LogP contribution is 2.29. The largest absolute Gasteiger partial charge is 0.298 e. The predicted molar refractivity (Wildman–Crippen MR) is 59.2 cm³/mol. The zero-order valence-corrected chi connectivity index (χ0v) is 9.53. The van der Waals surface area contributed by atoms with Gasteiger partial charge in [0, 0.05) is 6.42 Å². The summed E-state index contributed by atoms with van der Waals surface area (Å²) in [5.41, 5.74) is 0. The van der Waals surface area contributed by atoms with Gasteiger partial charge in [-0.25, -0.2) is 0 Å². The molecule has 0 aromatic heterocycles. The van der Waals surface area contributed by atoms with E-state index in [0.717, 1.165) is 12.8 Å². The van der Waals surface area contributed by atoms with Gasteiger partial charge in [0.15, 0.2) is 0 Å². The van der Waals surface area contributed by atoms with Gasteiger partial charge in [0.25, 0.3) is 0 Å². The van der Waals surface area contributed by atoms with E-state index < -0.39 is 0 Å². The zero-order valence-electron chi connectivity index (χ0n) is 8.71. The Kier molecular flexibility index (Phi) is 4.86. The summed E-state index contributed by atoms with van der Waals surface area (Å²) >= 11 is 1.86. The molecular weight excluding hydrogens is 180 g/mol. The number of thioether (sulfide) groups is 1. The Labute approximate surface area is 85.7 Å². The summed E-state index contributed by atoms with van der Waals surface area (Å²) in [6.07, 6.45) is 5.58. The predicted octanol–water partition coefficient (Wildman–Crippen LogP) is 3.28. The van der Waals surface area contributed by atoms with Crippen molar-refractivity contribution in [1.29, 1.82) is 0 Å². The van der Waals surface area contributed by atoms with Crippen LogP contribution >= 0.6 is 11.8 Å². The van der Waals surface area contributed by atoms with E-state index >= 15 is 0 Å². The van der Waals surface area contributed by atoms with Crippen LogP contribution in [0.25, 0.3) is 0 Å². The topological polar surface area (TPSA) is 17.1 Å². The van der Waals surface area contributed by atoms with Gasteiger partial charge in [-0.2, -0.15) is 11.8 Å². The lowest BCUT2D eigenvalue weighted by molar-refractivity contribution is -0.119. The lowest BCUT2D eigenvalue weighted by atomic mass is 9.97. The number of carbonyl (C=O) groups is 1. The number of Topliss-reactive ketones (excluding diaryl/α,β-unsaturated/α-hetero) is 1. The molecule has 0 N–H and O–H groups in total. The Morgan fingerprint density at radius 3 is 2.92 bits per heavy atom. The fourth-order valence-electron chi connectivity index (χ4n) is 1.90. The van der Waals surface area contributed by atoms with Crippen LogP contribution in [0.2, 0.25) is 0 Å². The van der Waals surface area contributed by atoms with Crippen molar-refractivity contribution in [3.63, 3.8) is 0 Å². The first-order valence-electron chi connectivity index (χ1n) is 5.38. The molecule has 2 heteroatoms. The number of hydrogen-bond donors (Lipinski definition) is 0. The molecular formula is C11H20OS. The van der Waals surface area contributed by atoms with Crippen molar-refractivity contribution in [3.8, 4) is 0 Å². The first-order valence-corrected chi connectivity index (χ1v) is 6.43. The molecule has 0 aromatic carbocycles. The van der Waals surface area contributed by atoms with E-state index in [1.807, 2.05) is 11.8 Å². The maximum atomic E-state index is 11.7. The van der Waals surface area contributed by atoms with E-state index in [-0.39, 0.29) is 0 Å². The highest BCUT2D eigenvalue weighted by atomic mass is 32.2. The third-order valence-corrected chi connectivity index (χ3v) is 4.05. The Morgan fingerprint density at radius 1 is 1.62 bits per heavy atom. The van der Waals surface area contributed by atoms with Gasteiger partial charge in [0.1, 0.15) is 5.78 Å². The second kappa shape index (κ2) is 5.69. The molecule has 1 nitrogen and oxygen atoms in total. The van der Waals surface area contributed by atoms with Crippen molar-refractivity contribution in [2.45, 2.75) is 51.2 Å². The van der Waals surface area contributed by atoms with Crippen LogP contribution in [0.4, 0.5) is 0 Å². The van der Waals surface area contributed by atoms with E-state index in [1.165, 1.54) is 25.0 Å². The summed E-state index contributed by atoms with van der Waals surface area (Å²) < 4.78 is 0. The lowest BCUT2D eigenvalue weighted by Crippen LogP contribution is -2.16. The molecule has 2 unspecified atom stereocenters. The molecule has 0 amide bonds. The summed E-state index contributed by atoms with van der Waals surface area (Å²) in [5, 5.41) is 0.347. The third-order valence-electron chi connectivity index (χ3n) is 2.62. The van der Waals surface area contributed by atoms with E-state index in [0.29, 0.717) is 17.0 Å². The van der Waals surface area contributed by atoms with Gasteiger partial charge in [-0.1, -0.05) is 26.7 Å². The van der Waals surface area contributed by atoms with Gasteiger partial charge in [0.2, 0.25) is 0 Å². The molecule has 0 aromatic rings. The Hall–Kier alpha value is 0.0200. The van der Waals surface area contributed by atoms with Crippen LogP contribution in [0.3, 0.4) is 0 Å². The van der Waals surface area contributed by atoms with Gasteiger partial charge in [-0.3, -0.25) is 4.79 Å². The second-order valence-corrected chi connectivity index (χ2v) is 5.38. The average molecular weight is 200 g/mol. The van der Waals surface area contributed by atoms with Crippen LogP contribution in [0.5, 0.6) is 0 Å². The third kappa shape index (κ3) is 3.72. The van der Waals surface area contributed by atoms with Gasteiger partial charge in [-0.05, 0) is 24.5 Å². The van der Waals surface area contributed by atoms with E-state index in [2.05, 4.69) is 13.8 Å². The minimum absolute atomic E-state index is 0.347. The van der Waals surface area contributed by atoms with E-state index in [1.54, 1.807) is 0 Å². The van der Waals surface area contributed by atoms with Gasteiger partial charge in [0.05, 0.1) is 5.25 Å². The standard InChI is InChI=1S/C11H20OS/c1-3-5-9(2)8-10(12)11-6-4-7-13-11/h9,11H,3-8H2,1-2H3. The van der Waals surface area contributed by atoms with Crippen molar-refractivity contribution in [3.05, 3.63) is 0 Å². The van der Waals surface area contributed by atoms with E-state index in [4.69, 9.17) is 0 Å². The summed E-state index contributed by atoms with van der Waals surface area (Å²) in [5.74, 6) is 2.29. The molecule has 1 fully saturated rings.